The monoisotopic (exact) mass is 495 g/mol. The van der Waals surface area contributed by atoms with Crippen molar-refractivity contribution in [1.29, 1.82) is 0 Å². The summed E-state index contributed by atoms with van der Waals surface area (Å²) in [5.41, 5.74) is 0. The van der Waals surface area contributed by atoms with Gasteiger partial charge >= 0.3 is 43.0 Å². The first-order valence-corrected chi connectivity index (χ1v) is 9.69. The Kier molecular flexibility index (Phi) is 35.6. The van der Waals surface area contributed by atoms with E-state index in [4.69, 9.17) is 0 Å². The molecule has 0 radical (unpaired) electrons. The predicted octanol–water partition coefficient (Wildman–Crippen LogP) is 7.39. The summed E-state index contributed by atoms with van der Waals surface area (Å²) in [6, 6.07) is 0.747. The van der Waals surface area contributed by atoms with E-state index in [2.05, 4.69) is 62.6 Å². The number of hydrogen-bond donors (Lipinski definition) is 0. The summed E-state index contributed by atoms with van der Waals surface area (Å²) in [6.45, 7) is 23.8. The fourth-order valence-electron chi connectivity index (χ4n) is 0.513. The summed E-state index contributed by atoms with van der Waals surface area (Å²) in [5.74, 6) is 2.83. The average molecular weight is 495 g/mol. The summed E-state index contributed by atoms with van der Waals surface area (Å²) < 4.78 is 3.94. The normalized spacial score (nSPS) is 9.70. The van der Waals surface area contributed by atoms with Crippen LogP contribution in [0.5, 0.6) is 0 Å². The van der Waals surface area contributed by atoms with Crippen molar-refractivity contribution in [2.75, 3.05) is 6.54 Å². The van der Waals surface area contributed by atoms with E-state index in [-0.39, 0.29) is 0 Å². The van der Waals surface area contributed by atoms with Crippen molar-refractivity contribution in [3.05, 3.63) is 34.9 Å². The first-order valence-electron chi connectivity index (χ1n) is 8.38. The second-order valence-electron chi connectivity index (χ2n) is 6.64. The van der Waals surface area contributed by atoms with Gasteiger partial charge in [-0.1, -0.05) is 27.7 Å². The SMILES string of the molecule is CC(C)[N-]/C=C\[N-]C(C)C.CCC[N]=[W].C[C-](C)C.C[C-](C)C. The summed E-state index contributed by atoms with van der Waals surface area (Å²) in [4.78, 5) is 0. The zero-order chi connectivity index (χ0) is 19.3. The van der Waals surface area contributed by atoms with Crippen molar-refractivity contribution < 1.29 is 19.6 Å². The van der Waals surface area contributed by atoms with Gasteiger partial charge in [-0.05, 0) is 0 Å². The summed E-state index contributed by atoms with van der Waals surface area (Å²) >= 11 is 1.35. The molecule has 0 unspecified atom stereocenters. The molecule has 0 atom stereocenters. The Balaban J connectivity index is -0.000000117. The topological polar surface area (TPSA) is 40.6 Å². The third-order valence-electron chi connectivity index (χ3n) is 1.15. The van der Waals surface area contributed by atoms with Gasteiger partial charge < -0.3 is 22.5 Å². The van der Waals surface area contributed by atoms with Crippen LogP contribution in [0, 0.1) is 11.8 Å². The molecule has 0 aliphatic heterocycles. The Bertz CT molecular complexity index is 201. The molecule has 0 aromatic carbocycles. The van der Waals surface area contributed by atoms with Gasteiger partial charge in [-0.2, -0.15) is 41.5 Å². The molecule has 0 N–H and O–H groups in total. The van der Waals surface area contributed by atoms with Crippen LogP contribution < -0.4 is 0 Å². The van der Waals surface area contributed by atoms with Gasteiger partial charge in [0.25, 0.3) is 0 Å². The van der Waals surface area contributed by atoms with Crippen LogP contribution in [-0.4, -0.2) is 18.6 Å². The number of rotatable bonds is 6. The van der Waals surface area contributed by atoms with Crippen molar-refractivity contribution in [3.63, 3.8) is 0 Å². The minimum Gasteiger partial charge on any atom is -0.323 e. The molecule has 0 saturated carbocycles. The molecule has 0 rings (SSSR count). The van der Waals surface area contributed by atoms with Crippen LogP contribution in [0.3, 0.4) is 0 Å². The van der Waals surface area contributed by atoms with E-state index in [0.29, 0.717) is 12.1 Å². The zero-order valence-electron chi connectivity index (χ0n) is 17.5. The quantitative estimate of drug-likeness (QED) is 0.345. The van der Waals surface area contributed by atoms with Gasteiger partial charge in [0.15, 0.2) is 0 Å². The van der Waals surface area contributed by atoms with E-state index in [9.17, 15) is 0 Å². The van der Waals surface area contributed by atoms with Gasteiger partial charge in [0.2, 0.25) is 0 Å². The average Bonchev–Trinajstić information content (AvgIpc) is 2.34. The van der Waals surface area contributed by atoms with Crippen LogP contribution in [0.15, 0.2) is 15.9 Å². The maximum atomic E-state index is 4.12. The molecular formula is C19H41N3W-4. The third-order valence-corrected chi connectivity index (χ3v) is 1.81. The van der Waals surface area contributed by atoms with E-state index in [1.807, 2.05) is 27.7 Å². The molecule has 3 nitrogen and oxygen atoms in total. The molecular weight excluding hydrogens is 454 g/mol. The molecule has 0 bridgehead atoms. The van der Waals surface area contributed by atoms with E-state index in [1.54, 1.807) is 12.4 Å². The first-order chi connectivity index (χ1) is 10.5. The fourth-order valence-corrected chi connectivity index (χ4v) is 1.17. The van der Waals surface area contributed by atoms with E-state index in [1.165, 1.54) is 37.9 Å². The Labute approximate surface area is 159 Å². The predicted molar refractivity (Wildman–Crippen MR) is 104 cm³/mol. The van der Waals surface area contributed by atoms with E-state index in [0.717, 1.165) is 6.54 Å². The van der Waals surface area contributed by atoms with Gasteiger partial charge in [0.05, 0.1) is 0 Å². The van der Waals surface area contributed by atoms with Gasteiger partial charge in [0, 0.05) is 0 Å². The molecule has 23 heavy (non-hydrogen) atoms. The van der Waals surface area contributed by atoms with Crippen LogP contribution in [0.25, 0.3) is 10.6 Å². The van der Waals surface area contributed by atoms with E-state index < -0.39 is 0 Å². The molecule has 0 aliphatic carbocycles. The summed E-state index contributed by atoms with van der Waals surface area (Å²) in [5, 5.41) is 8.24. The largest absolute Gasteiger partial charge is 0.323 e. The minimum absolute atomic E-state index is 0.374. The van der Waals surface area contributed by atoms with Crippen molar-refractivity contribution in [1.82, 2.24) is 0 Å². The molecule has 0 aliphatic rings. The van der Waals surface area contributed by atoms with Crippen LogP contribution in [-0.2, 0) is 19.6 Å². The van der Waals surface area contributed by atoms with Crippen molar-refractivity contribution in [2.24, 2.45) is 3.50 Å². The van der Waals surface area contributed by atoms with Gasteiger partial charge in [-0.15, -0.1) is 12.1 Å². The Morgan fingerprint density at radius 2 is 1.09 bits per heavy atom. The summed E-state index contributed by atoms with van der Waals surface area (Å²) in [6.07, 6.45) is 4.71. The second kappa shape index (κ2) is 26.7. The third kappa shape index (κ3) is 110. The molecule has 0 fully saturated rings. The molecule has 0 aromatic rings. The molecule has 4 heteroatoms. The maximum absolute atomic E-state index is 4.12. The van der Waals surface area contributed by atoms with Crippen molar-refractivity contribution in [3.8, 4) is 0 Å². The Hall–Kier alpha value is -0.172. The molecule has 0 spiro atoms. The molecule has 0 heterocycles. The summed E-state index contributed by atoms with van der Waals surface area (Å²) in [7, 11) is 0. The fraction of sp³-hybridized carbons (Fsp3) is 0.789. The van der Waals surface area contributed by atoms with Crippen molar-refractivity contribution >= 4 is 0 Å². The van der Waals surface area contributed by atoms with Crippen LogP contribution in [0.4, 0.5) is 0 Å². The smallest absolute Gasteiger partial charge is 0.189 e. The van der Waals surface area contributed by atoms with Gasteiger partial charge in [-0.3, -0.25) is 0 Å². The first kappa shape index (κ1) is 30.7. The van der Waals surface area contributed by atoms with Gasteiger partial charge in [-0.25, -0.2) is 12.4 Å². The van der Waals surface area contributed by atoms with Crippen LogP contribution in [0.2, 0.25) is 0 Å². The zero-order valence-corrected chi connectivity index (χ0v) is 20.4. The Morgan fingerprint density at radius 3 is 1.17 bits per heavy atom. The van der Waals surface area contributed by atoms with Crippen LogP contribution in [0.1, 0.15) is 82.6 Å². The number of nitrogens with zero attached hydrogens (tertiary/aromatic N) is 3. The van der Waals surface area contributed by atoms with Crippen molar-refractivity contribution in [2.45, 2.75) is 94.7 Å². The van der Waals surface area contributed by atoms with E-state index >= 15 is 0 Å². The van der Waals surface area contributed by atoms with Gasteiger partial charge in [0.1, 0.15) is 0 Å². The Morgan fingerprint density at radius 1 is 0.826 bits per heavy atom. The standard InChI is InChI=1S/C8H16N2.2C4H9.C3H7N.W/c1-7(2)9-5-6-10-8(3)4;2*1-4(2)3;1-2-3-4;/h5-8H,1-4H3;2*1-3H3;2-3H2,1H3;/q-2;2*-1;;/b6-5-;;;;. The maximum Gasteiger partial charge on any atom is -0.189 e. The molecule has 142 valence electrons. The molecule has 0 aromatic heterocycles. The van der Waals surface area contributed by atoms with Crippen LogP contribution >= 0.6 is 0 Å². The number of hydrogen-bond acceptors (Lipinski definition) is 1. The second-order valence-corrected chi connectivity index (χ2v) is 7.56. The molecule has 0 amide bonds. The minimum atomic E-state index is 0.374. The molecule has 0 saturated heterocycles.